The number of carbonyl (C=O) groups is 2. The summed E-state index contributed by atoms with van der Waals surface area (Å²) < 4.78 is 11.5. The Bertz CT molecular complexity index is 749. The molecule has 5 nitrogen and oxygen atoms in total. The van der Waals surface area contributed by atoms with Crippen molar-refractivity contribution in [2.24, 2.45) is 11.8 Å². The van der Waals surface area contributed by atoms with E-state index >= 15 is 0 Å². The summed E-state index contributed by atoms with van der Waals surface area (Å²) in [4.78, 5) is 27.3. The van der Waals surface area contributed by atoms with Gasteiger partial charge in [-0.1, -0.05) is 49.2 Å². The number of fused-ring (bicyclic) bond motifs is 1. The minimum atomic E-state index is -0.755. The molecule has 3 heterocycles. The van der Waals surface area contributed by atoms with Crippen LogP contribution in [0.3, 0.4) is 0 Å². The van der Waals surface area contributed by atoms with E-state index in [4.69, 9.17) is 21.1 Å². The number of para-hydroxylation sites is 1. The highest BCUT2D eigenvalue weighted by Crippen LogP contribution is 2.53. The van der Waals surface area contributed by atoms with Gasteiger partial charge < -0.3 is 14.4 Å². The molecule has 2 saturated heterocycles. The van der Waals surface area contributed by atoms with Crippen LogP contribution in [0.25, 0.3) is 0 Å². The lowest BCUT2D eigenvalue weighted by Gasteiger charge is -2.22. The Morgan fingerprint density at radius 2 is 2.24 bits per heavy atom. The fourth-order valence-electron chi connectivity index (χ4n) is 4.06. The Kier molecular flexibility index (Phi) is 4.08. The van der Waals surface area contributed by atoms with Crippen LogP contribution in [0.1, 0.15) is 19.8 Å². The van der Waals surface area contributed by atoms with Crippen LogP contribution in [0.15, 0.2) is 36.4 Å². The van der Waals surface area contributed by atoms with Crippen molar-refractivity contribution < 1.29 is 19.1 Å². The Balaban J connectivity index is 1.61. The maximum Gasteiger partial charge on any atom is 0.312 e. The van der Waals surface area contributed by atoms with Gasteiger partial charge in [0, 0.05) is 0 Å². The molecule has 1 aromatic rings. The van der Waals surface area contributed by atoms with E-state index in [1.165, 1.54) is 0 Å². The Morgan fingerprint density at radius 3 is 3.00 bits per heavy atom. The number of anilines is 1. The number of ether oxygens (including phenoxy) is 2. The van der Waals surface area contributed by atoms with Gasteiger partial charge in [0.25, 0.3) is 0 Å². The van der Waals surface area contributed by atoms with E-state index in [2.05, 4.69) is 0 Å². The van der Waals surface area contributed by atoms with E-state index in [0.717, 1.165) is 12.8 Å². The minimum Gasteiger partial charge on any atom is -0.465 e. The SMILES string of the molecule is CCCCOC(=O)C1C2C=CC3(CN(c4ccccc4Cl)C(=O)C13)O2. The molecule has 1 amide bonds. The Morgan fingerprint density at radius 1 is 1.44 bits per heavy atom. The number of unbranched alkanes of at least 4 members (excludes halogenated alkanes) is 1. The van der Waals surface area contributed by atoms with Gasteiger partial charge in [0.2, 0.25) is 5.91 Å². The van der Waals surface area contributed by atoms with E-state index in [1.54, 1.807) is 11.0 Å². The highest BCUT2D eigenvalue weighted by atomic mass is 35.5. The molecule has 3 aliphatic rings. The first-order valence-electron chi connectivity index (χ1n) is 8.67. The third kappa shape index (κ3) is 2.49. The van der Waals surface area contributed by atoms with E-state index in [0.29, 0.717) is 23.9 Å². The van der Waals surface area contributed by atoms with Crippen molar-refractivity contribution in [2.75, 3.05) is 18.1 Å². The second-order valence-corrected chi connectivity index (χ2v) is 7.20. The van der Waals surface area contributed by atoms with Gasteiger partial charge in [-0.2, -0.15) is 0 Å². The maximum absolute atomic E-state index is 13.1. The normalized spacial score (nSPS) is 32.3. The summed E-state index contributed by atoms with van der Waals surface area (Å²) in [6.45, 7) is 2.78. The van der Waals surface area contributed by atoms with Crippen LogP contribution in [0.5, 0.6) is 0 Å². The average molecular weight is 362 g/mol. The number of rotatable bonds is 5. The zero-order valence-corrected chi connectivity index (χ0v) is 14.7. The largest absolute Gasteiger partial charge is 0.465 e. The molecule has 0 N–H and O–H groups in total. The fraction of sp³-hybridized carbons (Fsp3) is 0.474. The first-order chi connectivity index (χ1) is 12.1. The van der Waals surface area contributed by atoms with Gasteiger partial charge in [-0.15, -0.1) is 0 Å². The van der Waals surface area contributed by atoms with Crippen molar-refractivity contribution >= 4 is 29.2 Å². The van der Waals surface area contributed by atoms with Crippen LogP contribution < -0.4 is 4.90 Å². The van der Waals surface area contributed by atoms with Crippen molar-refractivity contribution in [3.8, 4) is 0 Å². The first-order valence-corrected chi connectivity index (χ1v) is 9.05. The van der Waals surface area contributed by atoms with Crippen LogP contribution in [-0.2, 0) is 19.1 Å². The van der Waals surface area contributed by atoms with E-state index < -0.39 is 17.4 Å². The van der Waals surface area contributed by atoms with Crippen molar-refractivity contribution in [3.05, 3.63) is 41.4 Å². The van der Waals surface area contributed by atoms with Crippen LogP contribution in [0.2, 0.25) is 5.02 Å². The topological polar surface area (TPSA) is 55.8 Å². The first kappa shape index (κ1) is 16.6. The molecule has 4 unspecified atom stereocenters. The molecule has 0 radical (unpaired) electrons. The average Bonchev–Trinajstić information content (AvgIpc) is 3.24. The zero-order chi connectivity index (χ0) is 17.6. The van der Waals surface area contributed by atoms with Crippen molar-refractivity contribution in [1.82, 2.24) is 0 Å². The summed E-state index contributed by atoms with van der Waals surface area (Å²) >= 11 is 6.26. The molecule has 132 valence electrons. The number of benzene rings is 1. The van der Waals surface area contributed by atoms with Crippen molar-refractivity contribution in [3.63, 3.8) is 0 Å². The molecule has 0 saturated carbocycles. The molecule has 4 atom stereocenters. The lowest BCUT2D eigenvalue weighted by atomic mass is 9.77. The molecular formula is C19H20ClNO4. The number of esters is 1. The maximum atomic E-state index is 13.1. The summed E-state index contributed by atoms with van der Waals surface area (Å²) in [5.74, 6) is -1.60. The van der Waals surface area contributed by atoms with E-state index in [9.17, 15) is 9.59 Å². The van der Waals surface area contributed by atoms with E-state index in [-0.39, 0.29) is 18.0 Å². The molecule has 0 aromatic heterocycles. The minimum absolute atomic E-state index is 0.127. The second-order valence-electron chi connectivity index (χ2n) is 6.80. The molecule has 4 rings (SSSR count). The fourth-order valence-corrected chi connectivity index (χ4v) is 4.29. The number of hydrogen-bond donors (Lipinski definition) is 0. The van der Waals surface area contributed by atoms with Crippen molar-refractivity contribution in [1.29, 1.82) is 0 Å². The summed E-state index contributed by atoms with van der Waals surface area (Å²) in [6, 6.07) is 7.22. The number of nitrogens with zero attached hydrogens (tertiary/aromatic N) is 1. The molecule has 3 aliphatic heterocycles. The molecule has 2 fully saturated rings. The standard InChI is InChI=1S/C19H20ClNO4/c1-2-3-10-24-18(23)15-14-8-9-19(25-14)11-21(17(22)16(15)19)13-7-5-4-6-12(13)20/h4-9,14-16H,2-3,10-11H2,1H3. The monoisotopic (exact) mass is 361 g/mol. The summed E-state index contributed by atoms with van der Waals surface area (Å²) in [7, 11) is 0. The molecule has 1 spiro atoms. The van der Waals surface area contributed by atoms with E-state index in [1.807, 2.05) is 37.3 Å². The quantitative estimate of drug-likeness (QED) is 0.459. The summed E-state index contributed by atoms with van der Waals surface area (Å²) in [6.07, 6.45) is 5.19. The van der Waals surface area contributed by atoms with Crippen LogP contribution in [0.4, 0.5) is 5.69 Å². The van der Waals surface area contributed by atoms with Gasteiger partial charge in [0.15, 0.2) is 0 Å². The molecule has 6 heteroatoms. The van der Waals surface area contributed by atoms with Gasteiger partial charge in [0.1, 0.15) is 11.5 Å². The number of amides is 1. The van der Waals surface area contributed by atoms with Crippen molar-refractivity contribution in [2.45, 2.75) is 31.5 Å². The third-order valence-electron chi connectivity index (χ3n) is 5.26. The zero-order valence-electron chi connectivity index (χ0n) is 14.0. The highest BCUT2D eigenvalue weighted by Gasteiger charge is 2.67. The number of carbonyl (C=O) groups excluding carboxylic acids is 2. The third-order valence-corrected chi connectivity index (χ3v) is 5.58. The predicted octanol–water partition coefficient (Wildman–Crippen LogP) is 2.97. The van der Waals surface area contributed by atoms with Crippen LogP contribution >= 0.6 is 11.6 Å². The van der Waals surface area contributed by atoms with Crippen LogP contribution in [-0.4, -0.2) is 36.7 Å². The molecule has 1 aromatic carbocycles. The van der Waals surface area contributed by atoms with Gasteiger partial charge in [-0.25, -0.2) is 0 Å². The number of halogens is 1. The van der Waals surface area contributed by atoms with Gasteiger partial charge in [-0.05, 0) is 18.6 Å². The Labute approximate surface area is 151 Å². The van der Waals surface area contributed by atoms with Gasteiger partial charge >= 0.3 is 5.97 Å². The van der Waals surface area contributed by atoms with Gasteiger partial charge in [-0.3, -0.25) is 9.59 Å². The predicted molar refractivity (Wildman–Crippen MR) is 93.4 cm³/mol. The molecule has 25 heavy (non-hydrogen) atoms. The lowest BCUT2D eigenvalue weighted by molar-refractivity contribution is -0.152. The molecule has 0 aliphatic carbocycles. The summed E-state index contributed by atoms with van der Waals surface area (Å²) in [5.41, 5.74) is -0.105. The molecular weight excluding hydrogens is 342 g/mol. The smallest absolute Gasteiger partial charge is 0.312 e. The summed E-state index contributed by atoms with van der Waals surface area (Å²) in [5, 5.41) is 0.507. The number of hydrogen-bond acceptors (Lipinski definition) is 4. The highest BCUT2D eigenvalue weighted by molar-refractivity contribution is 6.34. The van der Waals surface area contributed by atoms with Gasteiger partial charge in [0.05, 0.1) is 35.9 Å². The van der Waals surface area contributed by atoms with Crippen LogP contribution in [0, 0.1) is 11.8 Å². The lowest BCUT2D eigenvalue weighted by Crippen LogP contribution is -2.40. The second kappa shape index (κ2) is 6.15. The Hall–Kier alpha value is -1.85. The molecule has 2 bridgehead atoms.